The van der Waals surface area contributed by atoms with E-state index in [0.29, 0.717) is 0 Å². The topological polar surface area (TPSA) is 37.8 Å². The minimum Gasteiger partial charge on any atom is -0.316 e. The summed E-state index contributed by atoms with van der Waals surface area (Å²) in [5.41, 5.74) is 0. The molecule has 1 aromatic rings. The molecule has 78 valence electrons. The van der Waals surface area contributed by atoms with Crippen LogP contribution in [-0.2, 0) is 6.42 Å². The van der Waals surface area contributed by atoms with Gasteiger partial charge in [-0.15, -0.1) is 0 Å². The van der Waals surface area contributed by atoms with Crippen molar-refractivity contribution in [3.8, 4) is 0 Å². The Morgan fingerprint density at radius 2 is 2.43 bits per heavy atom. The second kappa shape index (κ2) is 5.09. The molecule has 1 aliphatic heterocycles. The number of thioether (sulfide) groups is 1. The van der Waals surface area contributed by atoms with Crippen molar-refractivity contribution in [3.63, 3.8) is 0 Å². The van der Waals surface area contributed by atoms with Crippen molar-refractivity contribution in [2.24, 2.45) is 5.92 Å². The molecule has 14 heavy (non-hydrogen) atoms. The fraction of sp³-hybridized carbons (Fsp3) is 0.778. The largest absolute Gasteiger partial charge is 0.316 e. The quantitative estimate of drug-likeness (QED) is 0.781. The molecular weight excluding hydrogens is 214 g/mol. The lowest BCUT2D eigenvalue weighted by Gasteiger charge is -2.26. The molecule has 0 bridgehead atoms. The minimum absolute atomic E-state index is 0.904. The molecule has 2 heterocycles. The first kappa shape index (κ1) is 10.4. The van der Waals surface area contributed by atoms with Crippen LogP contribution >= 0.6 is 23.3 Å². The van der Waals surface area contributed by atoms with Gasteiger partial charge in [0.15, 0.2) is 4.34 Å². The summed E-state index contributed by atoms with van der Waals surface area (Å²) in [5, 5.41) is 3.29. The van der Waals surface area contributed by atoms with Crippen LogP contribution in [0.2, 0.25) is 0 Å². The van der Waals surface area contributed by atoms with Gasteiger partial charge >= 0.3 is 0 Å². The summed E-state index contributed by atoms with van der Waals surface area (Å²) in [7, 11) is 0. The van der Waals surface area contributed by atoms with Crippen molar-refractivity contribution in [1.29, 1.82) is 0 Å². The SMILES string of the molecule is CCc1nsc(SCCC2CNC2)n1. The van der Waals surface area contributed by atoms with Gasteiger partial charge in [0.05, 0.1) is 0 Å². The summed E-state index contributed by atoms with van der Waals surface area (Å²) in [6.07, 6.45) is 2.25. The number of hydrogen-bond donors (Lipinski definition) is 1. The molecule has 1 fully saturated rings. The normalized spacial score (nSPS) is 16.9. The summed E-state index contributed by atoms with van der Waals surface area (Å²) in [4.78, 5) is 4.42. The van der Waals surface area contributed by atoms with Crippen LogP contribution in [0.5, 0.6) is 0 Å². The Balaban J connectivity index is 1.68. The van der Waals surface area contributed by atoms with Crippen LogP contribution in [0.25, 0.3) is 0 Å². The first-order valence-corrected chi connectivity index (χ1v) is 6.80. The van der Waals surface area contributed by atoms with Crippen LogP contribution in [0.1, 0.15) is 19.2 Å². The molecule has 3 nitrogen and oxygen atoms in total. The van der Waals surface area contributed by atoms with Gasteiger partial charge in [-0.25, -0.2) is 4.98 Å². The molecule has 2 rings (SSSR count). The van der Waals surface area contributed by atoms with Crippen molar-refractivity contribution >= 4 is 23.3 Å². The molecule has 0 amide bonds. The third-order valence-corrected chi connectivity index (χ3v) is 4.29. The zero-order valence-corrected chi connectivity index (χ0v) is 9.96. The second-order valence-corrected chi connectivity index (χ2v) is 5.59. The highest BCUT2D eigenvalue weighted by Gasteiger charge is 2.16. The molecule has 5 heteroatoms. The van der Waals surface area contributed by atoms with Crippen LogP contribution in [0.15, 0.2) is 4.34 Å². The van der Waals surface area contributed by atoms with Crippen molar-refractivity contribution in [1.82, 2.24) is 14.7 Å². The van der Waals surface area contributed by atoms with Crippen molar-refractivity contribution in [3.05, 3.63) is 5.82 Å². The van der Waals surface area contributed by atoms with Crippen LogP contribution in [0.4, 0.5) is 0 Å². The minimum atomic E-state index is 0.904. The van der Waals surface area contributed by atoms with Gasteiger partial charge in [0, 0.05) is 12.2 Å². The number of nitrogens with zero attached hydrogens (tertiary/aromatic N) is 2. The average molecular weight is 229 g/mol. The third-order valence-electron chi connectivity index (χ3n) is 2.38. The van der Waals surface area contributed by atoms with Gasteiger partial charge in [-0.1, -0.05) is 18.7 Å². The molecule has 0 spiro atoms. The number of aromatic nitrogens is 2. The highest BCUT2D eigenvalue weighted by molar-refractivity contribution is 8.00. The van der Waals surface area contributed by atoms with Gasteiger partial charge in [-0.3, -0.25) is 0 Å². The van der Waals surface area contributed by atoms with E-state index < -0.39 is 0 Å². The fourth-order valence-corrected chi connectivity index (χ4v) is 3.17. The van der Waals surface area contributed by atoms with E-state index in [1.165, 1.54) is 36.8 Å². The molecule has 1 N–H and O–H groups in total. The Labute approximate surface area is 92.9 Å². The van der Waals surface area contributed by atoms with Gasteiger partial charge in [0.1, 0.15) is 5.82 Å². The van der Waals surface area contributed by atoms with Crippen molar-refractivity contribution in [2.45, 2.75) is 24.1 Å². The average Bonchev–Trinajstić information content (AvgIpc) is 2.57. The maximum Gasteiger partial charge on any atom is 0.170 e. The molecule has 1 aliphatic rings. The monoisotopic (exact) mass is 229 g/mol. The summed E-state index contributed by atoms with van der Waals surface area (Å²) in [5.74, 6) is 3.08. The molecule has 0 aromatic carbocycles. The molecule has 0 radical (unpaired) electrons. The lowest BCUT2D eigenvalue weighted by atomic mass is 10.0. The van der Waals surface area contributed by atoms with Crippen LogP contribution in [-0.4, -0.2) is 28.2 Å². The van der Waals surface area contributed by atoms with Gasteiger partial charge in [0.2, 0.25) is 0 Å². The Hall–Kier alpha value is -0.130. The van der Waals surface area contributed by atoms with E-state index in [9.17, 15) is 0 Å². The molecule has 1 aromatic heterocycles. The lowest BCUT2D eigenvalue weighted by Crippen LogP contribution is -2.42. The highest BCUT2D eigenvalue weighted by atomic mass is 32.2. The second-order valence-electron chi connectivity index (χ2n) is 3.49. The zero-order chi connectivity index (χ0) is 9.80. The standard InChI is InChI=1S/C9H15N3S2/c1-2-8-11-9(14-12-8)13-4-3-7-5-10-6-7/h7,10H,2-6H2,1H3. The number of aryl methyl sites for hydroxylation is 1. The fourth-order valence-electron chi connectivity index (χ4n) is 1.31. The van der Waals surface area contributed by atoms with Crippen LogP contribution in [0.3, 0.4) is 0 Å². The van der Waals surface area contributed by atoms with E-state index in [4.69, 9.17) is 0 Å². The summed E-state index contributed by atoms with van der Waals surface area (Å²) >= 11 is 3.39. The van der Waals surface area contributed by atoms with E-state index in [1.54, 1.807) is 0 Å². The molecular formula is C9H15N3S2. The number of nitrogens with one attached hydrogen (secondary N) is 1. The predicted octanol–water partition coefficient (Wildman–Crippen LogP) is 1.80. The molecule has 1 saturated heterocycles. The Morgan fingerprint density at radius 3 is 3.00 bits per heavy atom. The van der Waals surface area contributed by atoms with Gasteiger partial charge < -0.3 is 5.32 Å². The van der Waals surface area contributed by atoms with E-state index in [1.807, 2.05) is 11.8 Å². The zero-order valence-electron chi connectivity index (χ0n) is 8.32. The maximum absolute atomic E-state index is 4.42. The first-order valence-electron chi connectivity index (χ1n) is 5.04. The van der Waals surface area contributed by atoms with Crippen molar-refractivity contribution in [2.75, 3.05) is 18.8 Å². The Bertz CT molecular complexity index is 283. The van der Waals surface area contributed by atoms with Crippen molar-refractivity contribution < 1.29 is 0 Å². The van der Waals surface area contributed by atoms with E-state index in [-0.39, 0.29) is 0 Å². The Morgan fingerprint density at radius 1 is 1.57 bits per heavy atom. The van der Waals surface area contributed by atoms with E-state index in [0.717, 1.165) is 22.5 Å². The molecule has 0 aliphatic carbocycles. The predicted molar refractivity (Wildman–Crippen MR) is 61.0 cm³/mol. The van der Waals surface area contributed by atoms with Crippen LogP contribution < -0.4 is 5.32 Å². The molecule has 0 unspecified atom stereocenters. The van der Waals surface area contributed by atoms with E-state index in [2.05, 4.69) is 21.6 Å². The highest BCUT2D eigenvalue weighted by Crippen LogP contribution is 2.23. The van der Waals surface area contributed by atoms with Gasteiger partial charge in [-0.05, 0) is 37.0 Å². The van der Waals surface area contributed by atoms with Gasteiger partial charge in [0.25, 0.3) is 0 Å². The lowest BCUT2D eigenvalue weighted by molar-refractivity contribution is 0.341. The first-order chi connectivity index (χ1) is 6.88. The summed E-state index contributed by atoms with van der Waals surface area (Å²) < 4.78 is 5.40. The third kappa shape index (κ3) is 2.68. The Kier molecular flexibility index (Phi) is 3.78. The number of hydrogen-bond acceptors (Lipinski definition) is 5. The summed E-state index contributed by atoms with van der Waals surface area (Å²) in [6, 6.07) is 0. The van der Waals surface area contributed by atoms with Crippen LogP contribution in [0, 0.1) is 5.92 Å². The summed E-state index contributed by atoms with van der Waals surface area (Å²) in [6.45, 7) is 4.50. The van der Waals surface area contributed by atoms with Gasteiger partial charge in [-0.2, -0.15) is 4.37 Å². The number of rotatable bonds is 5. The molecule has 0 atom stereocenters. The maximum atomic E-state index is 4.42. The van der Waals surface area contributed by atoms with E-state index >= 15 is 0 Å². The molecule has 0 saturated carbocycles. The smallest absolute Gasteiger partial charge is 0.170 e.